The molecule has 1 N–H and O–H groups in total. The van der Waals surface area contributed by atoms with Crippen molar-refractivity contribution in [3.8, 4) is 0 Å². The van der Waals surface area contributed by atoms with Crippen molar-refractivity contribution in [1.29, 1.82) is 0 Å². The van der Waals surface area contributed by atoms with Crippen LogP contribution in [0.3, 0.4) is 0 Å². The predicted molar refractivity (Wildman–Crippen MR) is 118 cm³/mol. The van der Waals surface area contributed by atoms with Gasteiger partial charge >= 0.3 is 0 Å². The molecule has 0 amide bonds. The van der Waals surface area contributed by atoms with E-state index < -0.39 is 10.1 Å². The molecule has 0 atom stereocenters. The molecule has 0 aliphatic heterocycles. The Morgan fingerprint density at radius 2 is 1.26 bits per heavy atom. The van der Waals surface area contributed by atoms with Gasteiger partial charge in [-0.15, -0.1) is 0 Å². The van der Waals surface area contributed by atoms with Crippen LogP contribution < -0.4 is 0 Å². The lowest BCUT2D eigenvalue weighted by atomic mass is 9.94. The summed E-state index contributed by atoms with van der Waals surface area (Å²) in [6, 6.07) is 12.1. The molecule has 7 heteroatoms. The predicted octanol–water partition coefficient (Wildman–Crippen LogP) is 5.64. The molecule has 0 unspecified atom stereocenters. The van der Waals surface area contributed by atoms with E-state index in [4.69, 9.17) is 0 Å². The van der Waals surface area contributed by atoms with Gasteiger partial charge in [0.25, 0.3) is 10.1 Å². The topological polar surface area (TPSA) is 54.4 Å². The van der Waals surface area contributed by atoms with E-state index in [0.29, 0.717) is 7.14 Å². The van der Waals surface area contributed by atoms with Gasteiger partial charge in [0.05, 0.1) is 0 Å². The Morgan fingerprint density at radius 3 is 1.87 bits per heavy atom. The fourth-order valence-corrected chi connectivity index (χ4v) is 7.97. The molecule has 4 rings (SSSR count). The molecular weight excluding hydrogens is 653 g/mol. The Hall–Kier alpha value is 0.0200. The number of benzene rings is 4. The highest BCUT2D eigenvalue weighted by Gasteiger charge is 2.24. The quantitative estimate of drug-likeness (QED) is 0.164. The Labute approximate surface area is 173 Å². The second-order valence-electron chi connectivity index (χ2n) is 5.23. The van der Waals surface area contributed by atoms with E-state index in [2.05, 4.69) is 34.7 Å². The fourth-order valence-electron chi connectivity index (χ4n) is 3.05. The van der Waals surface area contributed by atoms with Crippen LogP contribution in [0.1, 0.15) is 0 Å². The summed E-state index contributed by atoms with van der Waals surface area (Å²) in [5, 5.41) is 6.20. The summed E-state index contributed by atoms with van der Waals surface area (Å²) in [5.41, 5.74) is 0. The molecule has 0 bridgehead atoms. The number of hydrogen-bond acceptors (Lipinski definition) is 2. The first-order valence-corrected chi connectivity index (χ1v) is 11.2. The fraction of sp³-hybridized carbons (Fsp3) is 0. The minimum absolute atomic E-state index is 0.000668. The summed E-state index contributed by atoms with van der Waals surface area (Å²) in [4.78, 5) is -0.000668. The van der Waals surface area contributed by atoms with Gasteiger partial charge < -0.3 is 0 Å². The SMILES string of the molecule is O=S(=O)(O)c1c(I)c2ccc3ccc(I)c4ccc(c1I)c2c34. The number of hydrogen-bond donors (Lipinski definition) is 1. The third kappa shape index (κ3) is 2.37. The first-order chi connectivity index (χ1) is 10.8. The first-order valence-electron chi connectivity index (χ1n) is 6.52. The van der Waals surface area contributed by atoms with Gasteiger partial charge in [-0.3, -0.25) is 4.55 Å². The molecule has 0 aliphatic rings. The maximum atomic E-state index is 11.8. The molecule has 0 saturated carbocycles. The van der Waals surface area contributed by atoms with Crippen LogP contribution in [-0.2, 0) is 10.1 Å². The highest BCUT2D eigenvalue weighted by Crippen LogP contribution is 2.42. The molecule has 0 heterocycles. The van der Waals surface area contributed by atoms with E-state index in [9.17, 15) is 13.0 Å². The highest BCUT2D eigenvalue weighted by atomic mass is 127. The van der Waals surface area contributed by atoms with Crippen molar-refractivity contribution in [2.24, 2.45) is 0 Å². The van der Waals surface area contributed by atoms with Crippen LogP contribution in [-0.4, -0.2) is 13.0 Å². The van der Waals surface area contributed by atoms with Crippen molar-refractivity contribution < 1.29 is 13.0 Å². The molecule has 4 aromatic rings. The largest absolute Gasteiger partial charge is 0.296 e. The van der Waals surface area contributed by atoms with E-state index >= 15 is 0 Å². The summed E-state index contributed by atoms with van der Waals surface area (Å²) in [5.74, 6) is 0. The first kappa shape index (κ1) is 16.5. The van der Waals surface area contributed by atoms with Crippen molar-refractivity contribution in [1.82, 2.24) is 0 Å². The van der Waals surface area contributed by atoms with Gasteiger partial charge in [-0.1, -0.05) is 30.3 Å². The maximum absolute atomic E-state index is 11.8. The van der Waals surface area contributed by atoms with Crippen LogP contribution in [0.15, 0.2) is 41.3 Å². The van der Waals surface area contributed by atoms with Crippen LogP contribution in [0.5, 0.6) is 0 Å². The van der Waals surface area contributed by atoms with Crippen molar-refractivity contribution in [2.45, 2.75) is 4.90 Å². The molecule has 0 aromatic heterocycles. The Kier molecular flexibility index (Phi) is 3.95. The van der Waals surface area contributed by atoms with E-state index in [0.717, 1.165) is 35.9 Å². The second-order valence-corrected chi connectivity index (χ2v) is 9.90. The molecule has 116 valence electrons. The van der Waals surface area contributed by atoms with Crippen LogP contribution in [0.2, 0.25) is 0 Å². The lowest BCUT2D eigenvalue weighted by Crippen LogP contribution is -2.05. The van der Waals surface area contributed by atoms with E-state index in [1.807, 2.05) is 69.4 Å². The van der Waals surface area contributed by atoms with E-state index in [1.54, 1.807) is 0 Å². The Morgan fingerprint density at radius 1 is 0.739 bits per heavy atom. The summed E-state index contributed by atoms with van der Waals surface area (Å²) in [6.45, 7) is 0. The molecule has 4 aromatic carbocycles. The van der Waals surface area contributed by atoms with Gasteiger partial charge in [-0.25, -0.2) is 0 Å². The summed E-state index contributed by atoms with van der Waals surface area (Å²) in [6.07, 6.45) is 0. The molecule has 0 spiro atoms. The van der Waals surface area contributed by atoms with Gasteiger partial charge in [0.1, 0.15) is 4.90 Å². The van der Waals surface area contributed by atoms with Gasteiger partial charge in [-0.05, 0) is 106 Å². The summed E-state index contributed by atoms with van der Waals surface area (Å²) >= 11 is 6.34. The number of rotatable bonds is 1. The Bertz CT molecular complexity index is 1190. The minimum Gasteiger partial charge on any atom is -0.282 e. The summed E-state index contributed by atoms with van der Waals surface area (Å²) in [7, 11) is -4.28. The third-order valence-corrected chi connectivity index (χ3v) is 8.83. The van der Waals surface area contributed by atoms with Crippen LogP contribution in [0, 0.1) is 10.7 Å². The normalized spacial score (nSPS) is 12.7. The van der Waals surface area contributed by atoms with Gasteiger partial charge in [-0.2, -0.15) is 8.42 Å². The van der Waals surface area contributed by atoms with Crippen molar-refractivity contribution in [3.63, 3.8) is 0 Å². The van der Waals surface area contributed by atoms with E-state index in [-0.39, 0.29) is 4.90 Å². The Balaban J connectivity index is 2.41. The standard InChI is InChI=1S/C16H7I3O3S/c17-11-6-2-7-1-3-9-13-10(5-4-8(11)12(7)13)15(19)16(14(9)18)23(20,21)22/h1-6H,(H,20,21,22). The lowest BCUT2D eigenvalue weighted by Gasteiger charge is -2.16. The minimum atomic E-state index is -4.28. The molecule has 23 heavy (non-hydrogen) atoms. The maximum Gasteiger partial charge on any atom is 0.296 e. The van der Waals surface area contributed by atoms with Crippen molar-refractivity contribution in [3.05, 3.63) is 47.1 Å². The molecule has 0 aliphatic carbocycles. The van der Waals surface area contributed by atoms with E-state index in [1.165, 1.54) is 0 Å². The van der Waals surface area contributed by atoms with Crippen LogP contribution >= 0.6 is 67.8 Å². The zero-order valence-electron chi connectivity index (χ0n) is 11.3. The van der Waals surface area contributed by atoms with Crippen molar-refractivity contribution in [2.75, 3.05) is 0 Å². The third-order valence-electron chi connectivity index (χ3n) is 3.99. The average Bonchev–Trinajstić information content (AvgIpc) is 2.48. The van der Waals surface area contributed by atoms with Gasteiger partial charge in [0, 0.05) is 10.7 Å². The smallest absolute Gasteiger partial charge is 0.282 e. The van der Waals surface area contributed by atoms with Crippen LogP contribution in [0.4, 0.5) is 0 Å². The lowest BCUT2D eigenvalue weighted by molar-refractivity contribution is 0.482. The second kappa shape index (κ2) is 5.51. The molecule has 0 radical (unpaired) electrons. The molecule has 0 saturated heterocycles. The zero-order chi connectivity index (χ0) is 16.5. The van der Waals surface area contributed by atoms with Crippen molar-refractivity contribution >= 4 is 110 Å². The molecular formula is C16H7I3O3S. The van der Waals surface area contributed by atoms with Gasteiger partial charge in [0.15, 0.2) is 0 Å². The molecule has 0 fully saturated rings. The highest BCUT2D eigenvalue weighted by molar-refractivity contribution is 14.1. The summed E-state index contributed by atoms with van der Waals surface area (Å²) < 4.78 is 35.6. The number of halogens is 3. The monoisotopic (exact) mass is 660 g/mol. The zero-order valence-corrected chi connectivity index (χ0v) is 18.6. The van der Waals surface area contributed by atoms with Crippen LogP contribution in [0.25, 0.3) is 32.3 Å². The molecule has 3 nitrogen and oxygen atoms in total. The average molecular weight is 660 g/mol. The van der Waals surface area contributed by atoms with Gasteiger partial charge in [0.2, 0.25) is 0 Å².